The fourth-order valence-corrected chi connectivity index (χ4v) is 4.85. The maximum Gasteiger partial charge on any atom is 0.253 e. The normalized spacial score (nSPS) is 10.9. The standard InChI is InChI=1S/C25H19ClN2OS2/c1-25(2,28-24(29)18-7-3-4-9-20(18)26)14-13-17-11-12-22(31-17)23-19(8-5-15-27-23)21-10-6-16-30-21/h3-12,15-16H,1-2H3,(H,28,29). The van der Waals surface area contributed by atoms with E-state index >= 15 is 0 Å². The van der Waals surface area contributed by atoms with Crippen molar-refractivity contribution in [1.29, 1.82) is 0 Å². The number of thiophene rings is 2. The number of nitrogens with one attached hydrogen (secondary N) is 1. The molecule has 0 bridgehead atoms. The second-order valence-electron chi connectivity index (χ2n) is 7.35. The number of nitrogens with zero attached hydrogens (tertiary/aromatic N) is 1. The van der Waals surface area contributed by atoms with E-state index in [-0.39, 0.29) is 5.91 Å². The number of benzene rings is 1. The van der Waals surface area contributed by atoms with Crippen LogP contribution in [0.25, 0.3) is 21.0 Å². The van der Waals surface area contributed by atoms with Gasteiger partial charge in [-0.2, -0.15) is 0 Å². The third-order valence-electron chi connectivity index (χ3n) is 4.48. The molecule has 0 aliphatic heterocycles. The van der Waals surface area contributed by atoms with Crippen molar-refractivity contribution in [2.75, 3.05) is 0 Å². The van der Waals surface area contributed by atoms with E-state index in [1.807, 2.05) is 44.3 Å². The molecule has 0 aliphatic rings. The van der Waals surface area contributed by atoms with Gasteiger partial charge in [0.25, 0.3) is 5.91 Å². The van der Waals surface area contributed by atoms with Crippen LogP contribution in [0.3, 0.4) is 0 Å². The van der Waals surface area contributed by atoms with E-state index < -0.39 is 5.54 Å². The third kappa shape index (κ3) is 5.05. The zero-order valence-corrected chi connectivity index (χ0v) is 19.4. The highest BCUT2D eigenvalue weighted by Crippen LogP contribution is 2.36. The molecule has 3 aromatic heterocycles. The van der Waals surface area contributed by atoms with E-state index in [1.165, 1.54) is 4.88 Å². The Morgan fingerprint density at radius 1 is 1.03 bits per heavy atom. The monoisotopic (exact) mass is 462 g/mol. The molecular formula is C25H19ClN2OS2. The highest BCUT2D eigenvalue weighted by molar-refractivity contribution is 7.16. The molecule has 1 amide bonds. The van der Waals surface area contributed by atoms with Crippen molar-refractivity contribution >= 4 is 40.2 Å². The molecule has 0 aliphatic carbocycles. The molecule has 0 atom stereocenters. The van der Waals surface area contributed by atoms with E-state index in [1.54, 1.807) is 46.9 Å². The van der Waals surface area contributed by atoms with E-state index in [0.29, 0.717) is 10.6 Å². The van der Waals surface area contributed by atoms with Gasteiger partial charge in [-0.1, -0.05) is 41.6 Å². The molecule has 6 heteroatoms. The molecule has 0 fully saturated rings. The third-order valence-corrected chi connectivity index (χ3v) is 6.72. The summed E-state index contributed by atoms with van der Waals surface area (Å²) in [6.45, 7) is 3.74. The Morgan fingerprint density at radius 3 is 2.65 bits per heavy atom. The Labute approximate surface area is 194 Å². The van der Waals surface area contributed by atoms with Gasteiger partial charge in [-0.25, -0.2) is 0 Å². The summed E-state index contributed by atoms with van der Waals surface area (Å²) in [6.07, 6.45) is 1.81. The minimum Gasteiger partial charge on any atom is -0.336 e. The zero-order chi connectivity index (χ0) is 21.8. The van der Waals surface area contributed by atoms with Gasteiger partial charge in [0, 0.05) is 16.6 Å². The summed E-state index contributed by atoms with van der Waals surface area (Å²) in [4.78, 5) is 20.3. The molecular weight excluding hydrogens is 444 g/mol. The van der Waals surface area contributed by atoms with Gasteiger partial charge >= 0.3 is 0 Å². The molecule has 1 aromatic carbocycles. The second-order valence-corrected chi connectivity index (χ2v) is 9.79. The van der Waals surface area contributed by atoms with Gasteiger partial charge in [-0.3, -0.25) is 9.78 Å². The van der Waals surface area contributed by atoms with Crippen LogP contribution in [-0.4, -0.2) is 16.4 Å². The van der Waals surface area contributed by atoms with Crippen LogP contribution in [0.4, 0.5) is 0 Å². The van der Waals surface area contributed by atoms with Gasteiger partial charge in [0.05, 0.1) is 31.6 Å². The summed E-state index contributed by atoms with van der Waals surface area (Å²) in [5.74, 6) is 6.12. The Bertz CT molecular complexity index is 1280. The van der Waals surface area contributed by atoms with E-state index in [0.717, 1.165) is 21.0 Å². The molecule has 0 spiro atoms. The summed E-state index contributed by atoms with van der Waals surface area (Å²) < 4.78 is 0. The van der Waals surface area contributed by atoms with Crippen molar-refractivity contribution in [3.8, 4) is 32.9 Å². The fraction of sp³-hybridized carbons (Fsp3) is 0.120. The molecule has 0 saturated heterocycles. The maximum absolute atomic E-state index is 12.6. The molecule has 4 aromatic rings. The highest BCUT2D eigenvalue weighted by atomic mass is 35.5. The molecule has 3 nitrogen and oxygen atoms in total. The van der Waals surface area contributed by atoms with Gasteiger partial charge in [0.15, 0.2) is 0 Å². The lowest BCUT2D eigenvalue weighted by molar-refractivity contribution is 0.0930. The van der Waals surface area contributed by atoms with Crippen LogP contribution >= 0.6 is 34.3 Å². The van der Waals surface area contributed by atoms with Crippen LogP contribution in [0.2, 0.25) is 5.02 Å². The number of rotatable bonds is 4. The largest absolute Gasteiger partial charge is 0.336 e. The maximum atomic E-state index is 12.6. The van der Waals surface area contributed by atoms with Gasteiger partial charge in [0.1, 0.15) is 0 Å². The minimum atomic E-state index is -0.715. The van der Waals surface area contributed by atoms with E-state index in [2.05, 4.69) is 39.7 Å². The number of carbonyl (C=O) groups excluding carboxylic acids is 1. The molecule has 0 radical (unpaired) electrons. The first-order valence-corrected chi connectivity index (χ1v) is 11.7. The van der Waals surface area contributed by atoms with Crippen LogP contribution in [0.1, 0.15) is 29.1 Å². The zero-order valence-electron chi connectivity index (χ0n) is 17.0. The predicted octanol–water partition coefficient (Wildman–Crippen LogP) is 6.75. The van der Waals surface area contributed by atoms with E-state index in [4.69, 9.17) is 11.6 Å². The van der Waals surface area contributed by atoms with E-state index in [9.17, 15) is 4.79 Å². The van der Waals surface area contributed by atoms with Crippen LogP contribution in [0, 0.1) is 11.8 Å². The van der Waals surface area contributed by atoms with Crippen molar-refractivity contribution in [1.82, 2.24) is 10.3 Å². The van der Waals surface area contributed by atoms with Crippen molar-refractivity contribution in [2.24, 2.45) is 0 Å². The summed E-state index contributed by atoms with van der Waals surface area (Å²) in [5.41, 5.74) is 1.79. The molecule has 4 rings (SSSR count). The number of carbonyl (C=O) groups is 1. The fourth-order valence-electron chi connectivity index (χ4n) is 3.01. The second kappa shape index (κ2) is 9.07. The lowest BCUT2D eigenvalue weighted by Crippen LogP contribution is -2.42. The number of pyridine rings is 1. The molecule has 31 heavy (non-hydrogen) atoms. The SMILES string of the molecule is CC(C)(C#Cc1ccc(-c2ncccc2-c2cccs2)s1)NC(=O)c1ccccc1Cl. The number of hydrogen-bond acceptors (Lipinski definition) is 4. The van der Waals surface area contributed by atoms with Gasteiger partial charge in [-0.05, 0) is 61.7 Å². The van der Waals surface area contributed by atoms with Crippen molar-refractivity contribution in [3.63, 3.8) is 0 Å². The van der Waals surface area contributed by atoms with Gasteiger partial charge in [-0.15, -0.1) is 22.7 Å². The van der Waals surface area contributed by atoms with Crippen LogP contribution in [-0.2, 0) is 0 Å². The molecule has 3 heterocycles. The van der Waals surface area contributed by atoms with Crippen LogP contribution < -0.4 is 5.32 Å². The summed E-state index contributed by atoms with van der Waals surface area (Å²) in [6, 6.07) is 19.2. The first-order chi connectivity index (χ1) is 14.9. The number of hydrogen-bond donors (Lipinski definition) is 1. The van der Waals surface area contributed by atoms with Crippen LogP contribution in [0.15, 0.2) is 72.2 Å². The lowest BCUT2D eigenvalue weighted by Gasteiger charge is -2.20. The predicted molar refractivity (Wildman–Crippen MR) is 131 cm³/mol. The van der Waals surface area contributed by atoms with Gasteiger partial charge < -0.3 is 5.32 Å². The number of halogens is 1. The lowest BCUT2D eigenvalue weighted by atomic mass is 10.1. The topological polar surface area (TPSA) is 42.0 Å². The Hall–Kier alpha value is -2.91. The average Bonchev–Trinajstić information content (AvgIpc) is 3.45. The number of amides is 1. The minimum absolute atomic E-state index is 0.245. The van der Waals surface area contributed by atoms with Gasteiger partial charge in [0.2, 0.25) is 0 Å². The first kappa shape index (κ1) is 21.3. The summed E-state index contributed by atoms with van der Waals surface area (Å²) in [5, 5.41) is 5.43. The average molecular weight is 463 g/mol. The van der Waals surface area contributed by atoms with Crippen molar-refractivity contribution in [2.45, 2.75) is 19.4 Å². The molecule has 0 unspecified atom stereocenters. The summed E-state index contributed by atoms with van der Waals surface area (Å²) in [7, 11) is 0. The molecule has 154 valence electrons. The Kier molecular flexibility index (Phi) is 6.24. The highest BCUT2D eigenvalue weighted by Gasteiger charge is 2.20. The molecule has 0 saturated carbocycles. The summed E-state index contributed by atoms with van der Waals surface area (Å²) >= 11 is 9.42. The quantitative estimate of drug-likeness (QED) is 0.341. The Morgan fingerprint density at radius 2 is 1.87 bits per heavy atom. The number of aromatic nitrogens is 1. The first-order valence-electron chi connectivity index (χ1n) is 9.62. The van der Waals surface area contributed by atoms with Crippen LogP contribution in [0.5, 0.6) is 0 Å². The Balaban J connectivity index is 1.54. The van der Waals surface area contributed by atoms with Crippen molar-refractivity contribution in [3.05, 3.63) is 87.7 Å². The molecule has 1 N–H and O–H groups in total. The smallest absolute Gasteiger partial charge is 0.253 e. The van der Waals surface area contributed by atoms with Crippen molar-refractivity contribution < 1.29 is 4.79 Å².